The Kier molecular flexibility index (Phi) is 4.45. The average molecular weight is 396 g/mol. The van der Waals surface area contributed by atoms with E-state index in [1.807, 2.05) is 41.1 Å². The maximum absolute atomic E-state index is 12.5. The van der Waals surface area contributed by atoms with Gasteiger partial charge in [0, 0.05) is 5.56 Å². The lowest BCUT2D eigenvalue weighted by atomic mass is 10.1. The highest BCUT2D eigenvalue weighted by Crippen LogP contribution is 2.14. The molecule has 146 valence electrons. The molecule has 0 bridgehead atoms. The third-order valence-electron chi connectivity index (χ3n) is 4.63. The number of anilines is 1. The summed E-state index contributed by atoms with van der Waals surface area (Å²) in [5.41, 5.74) is 4.02. The lowest BCUT2D eigenvalue weighted by Gasteiger charge is -2.07. The van der Waals surface area contributed by atoms with Crippen LogP contribution in [0.4, 0.5) is 5.69 Å². The maximum Gasteiger partial charge on any atom is 0.255 e. The van der Waals surface area contributed by atoms with Gasteiger partial charge in [-0.05, 0) is 42.0 Å². The van der Waals surface area contributed by atoms with Crippen molar-refractivity contribution in [2.75, 3.05) is 5.32 Å². The van der Waals surface area contributed by atoms with Gasteiger partial charge in [0.25, 0.3) is 5.91 Å². The molecule has 0 unspecified atom stereocenters. The second kappa shape index (κ2) is 7.55. The van der Waals surface area contributed by atoms with E-state index in [0.29, 0.717) is 23.6 Å². The number of carbonyl (C=O) groups excluding carboxylic acids is 1. The van der Waals surface area contributed by atoms with Crippen LogP contribution in [0.3, 0.4) is 0 Å². The summed E-state index contributed by atoms with van der Waals surface area (Å²) in [6.45, 7) is 0.579. The van der Waals surface area contributed by atoms with Gasteiger partial charge in [0.2, 0.25) is 0 Å². The van der Waals surface area contributed by atoms with Crippen LogP contribution >= 0.6 is 0 Å². The Balaban J connectivity index is 1.26. The number of nitrogens with zero attached hydrogens (tertiary/aromatic N) is 7. The zero-order chi connectivity index (χ0) is 20.3. The first-order valence-electron chi connectivity index (χ1n) is 9.26. The van der Waals surface area contributed by atoms with Crippen LogP contribution in [0.5, 0.6) is 0 Å². The number of fused-ring (bicyclic) bond motifs is 1. The molecular formula is C21H16N8O. The molecular weight excluding hydrogens is 380 g/mol. The van der Waals surface area contributed by atoms with Crippen molar-refractivity contribution in [1.82, 2.24) is 34.7 Å². The van der Waals surface area contributed by atoms with E-state index in [1.165, 1.54) is 6.33 Å². The Morgan fingerprint density at radius 3 is 2.63 bits per heavy atom. The summed E-state index contributed by atoms with van der Waals surface area (Å²) in [4.78, 5) is 20.7. The van der Waals surface area contributed by atoms with Gasteiger partial charge in [-0.1, -0.05) is 29.5 Å². The highest BCUT2D eigenvalue weighted by molar-refractivity contribution is 6.04. The number of hydrogen-bond donors (Lipinski definition) is 1. The molecule has 5 aromatic rings. The standard InChI is InChI=1S/C21H16N8O/c30-21(25-17-9-10-20(23-11-17)29-14-22-13-24-29)16-7-5-15(6-8-16)12-28-19-4-2-1-3-18(19)26-27-28/h1-11,13-14H,12H2,(H,25,30). The van der Waals surface area contributed by atoms with E-state index in [2.05, 4.69) is 30.7 Å². The Bertz CT molecular complexity index is 1290. The van der Waals surface area contributed by atoms with Crippen LogP contribution in [-0.2, 0) is 6.54 Å². The summed E-state index contributed by atoms with van der Waals surface area (Å²) in [6.07, 6.45) is 4.58. The maximum atomic E-state index is 12.5. The van der Waals surface area contributed by atoms with Gasteiger partial charge in [-0.3, -0.25) is 4.79 Å². The molecule has 0 atom stereocenters. The number of carbonyl (C=O) groups is 1. The van der Waals surface area contributed by atoms with Gasteiger partial charge in [0.15, 0.2) is 5.82 Å². The van der Waals surface area contributed by atoms with Crippen molar-refractivity contribution in [1.29, 1.82) is 0 Å². The smallest absolute Gasteiger partial charge is 0.255 e. The zero-order valence-corrected chi connectivity index (χ0v) is 15.8. The highest BCUT2D eigenvalue weighted by Gasteiger charge is 2.09. The number of para-hydroxylation sites is 1. The molecule has 1 amide bonds. The summed E-state index contributed by atoms with van der Waals surface area (Å²) in [5, 5.41) is 15.2. The van der Waals surface area contributed by atoms with E-state index >= 15 is 0 Å². The monoisotopic (exact) mass is 396 g/mol. The minimum Gasteiger partial charge on any atom is -0.321 e. The molecule has 0 radical (unpaired) electrons. The molecule has 5 rings (SSSR count). The molecule has 0 aliphatic heterocycles. The molecule has 2 aromatic carbocycles. The fourth-order valence-electron chi connectivity index (χ4n) is 3.09. The number of rotatable bonds is 5. The SMILES string of the molecule is O=C(Nc1ccc(-n2cncn2)nc1)c1ccc(Cn2nnc3ccccc32)cc1. The molecule has 0 saturated heterocycles. The zero-order valence-electron chi connectivity index (χ0n) is 15.8. The van der Waals surface area contributed by atoms with Crippen LogP contribution in [0.2, 0.25) is 0 Å². The topological polar surface area (TPSA) is 103 Å². The lowest BCUT2D eigenvalue weighted by molar-refractivity contribution is 0.102. The lowest BCUT2D eigenvalue weighted by Crippen LogP contribution is -2.12. The minimum absolute atomic E-state index is 0.205. The second-order valence-corrected chi connectivity index (χ2v) is 6.63. The normalized spacial score (nSPS) is 10.9. The van der Waals surface area contributed by atoms with Gasteiger partial charge in [-0.2, -0.15) is 5.10 Å². The van der Waals surface area contributed by atoms with Crippen LogP contribution in [0.1, 0.15) is 15.9 Å². The van der Waals surface area contributed by atoms with E-state index in [9.17, 15) is 4.79 Å². The van der Waals surface area contributed by atoms with Crippen molar-refractivity contribution in [3.8, 4) is 5.82 Å². The molecule has 3 heterocycles. The van der Waals surface area contributed by atoms with Crippen molar-refractivity contribution in [3.63, 3.8) is 0 Å². The number of amides is 1. The van der Waals surface area contributed by atoms with Crippen molar-refractivity contribution in [3.05, 3.63) is 90.6 Å². The highest BCUT2D eigenvalue weighted by atomic mass is 16.1. The van der Waals surface area contributed by atoms with Crippen molar-refractivity contribution < 1.29 is 4.79 Å². The first kappa shape index (κ1) is 17.7. The quantitative estimate of drug-likeness (QED) is 0.490. The van der Waals surface area contributed by atoms with Gasteiger partial charge in [-0.25, -0.2) is 19.3 Å². The van der Waals surface area contributed by atoms with Gasteiger partial charge in [0.1, 0.15) is 18.2 Å². The predicted octanol–water partition coefficient (Wildman–Crippen LogP) is 2.71. The molecule has 1 N–H and O–H groups in total. The molecule has 0 fully saturated rings. The van der Waals surface area contributed by atoms with Crippen molar-refractivity contribution >= 4 is 22.6 Å². The van der Waals surface area contributed by atoms with Crippen LogP contribution in [-0.4, -0.2) is 40.6 Å². The first-order valence-corrected chi connectivity index (χ1v) is 9.26. The second-order valence-electron chi connectivity index (χ2n) is 6.63. The molecule has 0 saturated carbocycles. The van der Waals surface area contributed by atoms with E-state index in [4.69, 9.17) is 0 Å². The number of pyridine rings is 1. The molecule has 9 heteroatoms. The molecule has 3 aromatic heterocycles. The van der Waals surface area contributed by atoms with Gasteiger partial charge < -0.3 is 5.32 Å². The summed E-state index contributed by atoms with van der Waals surface area (Å²) in [7, 11) is 0. The molecule has 9 nitrogen and oxygen atoms in total. The average Bonchev–Trinajstić information content (AvgIpc) is 3.46. The van der Waals surface area contributed by atoms with Crippen LogP contribution < -0.4 is 5.32 Å². The fraction of sp³-hybridized carbons (Fsp3) is 0.0476. The predicted molar refractivity (Wildman–Crippen MR) is 110 cm³/mol. The Hall–Kier alpha value is -4.40. The van der Waals surface area contributed by atoms with E-state index in [1.54, 1.807) is 41.5 Å². The van der Waals surface area contributed by atoms with Crippen molar-refractivity contribution in [2.45, 2.75) is 6.54 Å². The molecule has 0 aliphatic carbocycles. The van der Waals surface area contributed by atoms with E-state index in [0.717, 1.165) is 16.6 Å². The minimum atomic E-state index is -0.205. The number of hydrogen-bond acceptors (Lipinski definition) is 6. The number of benzene rings is 2. The van der Waals surface area contributed by atoms with E-state index < -0.39 is 0 Å². The summed E-state index contributed by atoms with van der Waals surface area (Å²) >= 11 is 0. The molecule has 0 spiro atoms. The third kappa shape index (κ3) is 3.51. The van der Waals surface area contributed by atoms with E-state index in [-0.39, 0.29) is 5.91 Å². The fourth-order valence-corrected chi connectivity index (χ4v) is 3.09. The summed E-state index contributed by atoms with van der Waals surface area (Å²) in [5.74, 6) is 0.415. The van der Waals surface area contributed by atoms with Crippen molar-refractivity contribution in [2.24, 2.45) is 0 Å². The Labute approximate surface area is 171 Å². The van der Waals surface area contributed by atoms with Gasteiger partial charge in [0.05, 0.1) is 23.9 Å². The van der Waals surface area contributed by atoms with Gasteiger partial charge >= 0.3 is 0 Å². The third-order valence-corrected chi connectivity index (χ3v) is 4.63. The largest absolute Gasteiger partial charge is 0.321 e. The first-order chi connectivity index (χ1) is 14.8. The summed E-state index contributed by atoms with van der Waals surface area (Å²) < 4.78 is 3.38. The number of nitrogens with one attached hydrogen (secondary N) is 1. The molecule has 30 heavy (non-hydrogen) atoms. The summed E-state index contributed by atoms with van der Waals surface area (Å²) in [6, 6.07) is 18.8. The Morgan fingerprint density at radius 2 is 1.87 bits per heavy atom. The number of aromatic nitrogens is 7. The van der Waals surface area contributed by atoms with Gasteiger partial charge in [-0.15, -0.1) is 5.10 Å². The van der Waals surface area contributed by atoms with Crippen LogP contribution in [0.25, 0.3) is 16.9 Å². The van der Waals surface area contributed by atoms with Crippen LogP contribution in [0, 0.1) is 0 Å². The molecule has 0 aliphatic rings. The van der Waals surface area contributed by atoms with Crippen LogP contribution in [0.15, 0.2) is 79.5 Å². The Morgan fingerprint density at radius 1 is 1.00 bits per heavy atom.